The van der Waals surface area contributed by atoms with E-state index in [-0.39, 0.29) is 11.8 Å². The Kier molecular flexibility index (Phi) is 5.43. The summed E-state index contributed by atoms with van der Waals surface area (Å²) in [5, 5.41) is 2.85. The minimum absolute atomic E-state index is 0.106. The van der Waals surface area contributed by atoms with Crippen molar-refractivity contribution < 1.29 is 4.79 Å². The predicted molar refractivity (Wildman–Crippen MR) is 51.8 cm³/mol. The average Bonchev–Trinajstić information content (AvgIpc) is 2.03. The van der Waals surface area contributed by atoms with Gasteiger partial charge in [-0.3, -0.25) is 4.79 Å². The Bertz CT molecular complexity index is 152. The molecule has 1 amide bonds. The highest BCUT2D eigenvalue weighted by molar-refractivity contribution is 5.78. The minimum atomic E-state index is 0.106. The van der Waals surface area contributed by atoms with Gasteiger partial charge in [-0.25, -0.2) is 0 Å². The molecule has 0 aliphatic carbocycles. The van der Waals surface area contributed by atoms with Crippen LogP contribution in [-0.2, 0) is 4.79 Å². The summed E-state index contributed by atoms with van der Waals surface area (Å²) in [4.78, 5) is 11.3. The van der Waals surface area contributed by atoms with Crippen molar-refractivity contribution in [1.82, 2.24) is 5.32 Å². The van der Waals surface area contributed by atoms with Crippen LogP contribution in [-0.4, -0.2) is 12.5 Å². The molecule has 12 heavy (non-hydrogen) atoms. The van der Waals surface area contributed by atoms with Crippen LogP contribution >= 0.6 is 0 Å². The number of hydrogen-bond acceptors (Lipinski definition) is 1. The highest BCUT2D eigenvalue weighted by Gasteiger charge is 2.15. The predicted octanol–water partition coefficient (Wildman–Crippen LogP) is 1.97. The monoisotopic (exact) mass is 169 g/mol. The van der Waals surface area contributed by atoms with Gasteiger partial charge in [0.15, 0.2) is 0 Å². The molecule has 2 heteroatoms. The van der Waals surface area contributed by atoms with Crippen molar-refractivity contribution in [2.45, 2.75) is 27.2 Å². The summed E-state index contributed by atoms with van der Waals surface area (Å²) in [7, 11) is 0. The van der Waals surface area contributed by atoms with Crippen LogP contribution < -0.4 is 5.32 Å². The van der Waals surface area contributed by atoms with Crippen molar-refractivity contribution in [3.63, 3.8) is 0 Å². The maximum atomic E-state index is 11.3. The normalized spacial score (nSPS) is 12.7. The molecule has 0 aromatic rings. The maximum Gasteiger partial charge on any atom is 0.223 e. The highest BCUT2D eigenvalue weighted by Crippen LogP contribution is 2.08. The van der Waals surface area contributed by atoms with Crippen molar-refractivity contribution in [1.29, 1.82) is 0 Å². The summed E-state index contributed by atoms with van der Waals surface area (Å²) in [5.41, 5.74) is 0. The number of nitrogens with one attached hydrogen (secondary N) is 1. The number of carbonyl (C=O) groups excluding carboxylic acids is 1. The van der Waals surface area contributed by atoms with Crippen LogP contribution in [0.2, 0.25) is 0 Å². The van der Waals surface area contributed by atoms with Crippen molar-refractivity contribution in [2.75, 3.05) is 6.54 Å². The number of amides is 1. The van der Waals surface area contributed by atoms with E-state index in [1.807, 2.05) is 6.92 Å². The van der Waals surface area contributed by atoms with Gasteiger partial charge in [-0.2, -0.15) is 0 Å². The molecule has 0 aliphatic rings. The van der Waals surface area contributed by atoms with Gasteiger partial charge < -0.3 is 5.32 Å². The molecule has 1 N–H and O–H groups in total. The van der Waals surface area contributed by atoms with E-state index < -0.39 is 0 Å². The molecular weight excluding hydrogens is 150 g/mol. The van der Waals surface area contributed by atoms with Gasteiger partial charge in [-0.15, -0.1) is 6.58 Å². The van der Waals surface area contributed by atoms with Gasteiger partial charge >= 0.3 is 0 Å². The topological polar surface area (TPSA) is 29.1 Å². The van der Waals surface area contributed by atoms with Gasteiger partial charge in [-0.1, -0.05) is 26.8 Å². The summed E-state index contributed by atoms with van der Waals surface area (Å²) in [6.45, 7) is 10.4. The van der Waals surface area contributed by atoms with E-state index in [1.54, 1.807) is 6.08 Å². The highest BCUT2D eigenvalue weighted by atomic mass is 16.1. The molecule has 0 rings (SSSR count). The number of hydrogen-bond donors (Lipinski definition) is 1. The van der Waals surface area contributed by atoms with E-state index >= 15 is 0 Å². The molecule has 0 spiro atoms. The average molecular weight is 169 g/mol. The van der Waals surface area contributed by atoms with Crippen LogP contribution in [0.5, 0.6) is 0 Å². The molecule has 0 heterocycles. The quantitative estimate of drug-likeness (QED) is 0.495. The van der Waals surface area contributed by atoms with Crippen molar-refractivity contribution in [3.8, 4) is 0 Å². The lowest BCUT2D eigenvalue weighted by atomic mass is 9.97. The second kappa shape index (κ2) is 5.81. The molecule has 2 nitrogen and oxygen atoms in total. The second-order valence-electron chi connectivity index (χ2n) is 3.40. The molecular formula is C10H19NO. The lowest BCUT2D eigenvalue weighted by Crippen LogP contribution is -2.32. The zero-order valence-corrected chi connectivity index (χ0v) is 8.26. The number of carbonyl (C=O) groups is 1. The van der Waals surface area contributed by atoms with E-state index in [4.69, 9.17) is 0 Å². The van der Waals surface area contributed by atoms with E-state index in [1.165, 1.54) is 0 Å². The third-order valence-electron chi connectivity index (χ3n) is 2.06. The zero-order chi connectivity index (χ0) is 9.56. The standard InChI is InChI=1S/C10H19NO/c1-5-6-7-11-10(12)9(4)8(2)3/h5,8-9H,1,6-7H2,2-4H3,(H,11,12). The Labute approximate surface area is 75.0 Å². The summed E-state index contributed by atoms with van der Waals surface area (Å²) >= 11 is 0. The zero-order valence-electron chi connectivity index (χ0n) is 8.26. The van der Waals surface area contributed by atoms with Crippen LogP contribution in [0.4, 0.5) is 0 Å². The van der Waals surface area contributed by atoms with Gasteiger partial charge in [-0.05, 0) is 12.3 Å². The van der Waals surface area contributed by atoms with Crippen LogP contribution in [0.15, 0.2) is 12.7 Å². The largest absolute Gasteiger partial charge is 0.356 e. The Hall–Kier alpha value is -0.790. The molecule has 0 fully saturated rings. The van der Waals surface area contributed by atoms with Crippen LogP contribution in [0.1, 0.15) is 27.2 Å². The SMILES string of the molecule is C=CCCNC(=O)C(C)C(C)C. The fourth-order valence-electron chi connectivity index (χ4n) is 0.761. The summed E-state index contributed by atoms with van der Waals surface area (Å²) < 4.78 is 0. The van der Waals surface area contributed by atoms with Crippen LogP contribution in [0, 0.1) is 11.8 Å². The molecule has 0 radical (unpaired) electrons. The third kappa shape index (κ3) is 4.16. The first-order valence-electron chi connectivity index (χ1n) is 4.48. The first-order valence-corrected chi connectivity index (χ1v) is 4.48. The summed E-state index contributed by atoms with van der Waals surface area (Å²) in [6.07, 6.45) is 2.65. The first kappa shape index (κ1) is 11.2. The minimum Gasteiger partial charge on any atom is -0.356 e. The van der Waals surface area contributed by atoms with E-state index in [0.717, 1.165) is 6.42 Å². The Balaban J connectivity index is 3.64. The van der Waals surface area contributed by atoms with Gasteiger partial charge in [0.2, 0.25) is 5.91 Å². The molecule has 0 saturated carbocycles. The van der Waals surface area contributed by atoms with Crippen molar-refractivity contribution in [3.05, 3.63) is 12.7 Å². The third-order valence-corrected chi connectivity index (χ3v) is 2.06. The summed E-state index contributed by atoms with van der Waals surface area (Å²) in [6, 6.07) is 0. The van der Waals surface area contributed by atoms with Gasteiger partial charge in [0.25, 0.3) is 0 Å². The van der Waals surface area contributed by atoms with E-state index in [2.05, 4.69) is 25.7 Å². The Morgan fingerprint density at radius 2 is 2.08 bits per heavy atom. The molecule has 0 bridgehead atoms. The molecule has 0 aromatic heterocycles. The van der Waals surface area contributed by atoms with Gasteiger partial charge in [0.1, 0.15) is 0 Å². The lowest BCUT2D eigenvalue weighted by molar-refractivity contribution is -0.125. The lowest BCUT2D eigenvalue weighted by Gasteiger charge is -2.14. The fourth-order valence-corrected chi connectivity index (χ4v) is 0.761. The number of rotatable bonds is 5. The fraction of sp³-hybridized carbons (Fsp3) is 0.700. The maximum absolute atomic E-state index is 11.3. The molecule has 1 atom stereocenters. The smallest absolute Gasteiger partial charge is 0.223 e. The molecule has 0 aliphatic heterocycles. The Morgan fingerprint density at radius 3 is 2.50 bits per heavy atom. The van der Waals surface area contributed by atoms with Gasteiger partial charge in [0, 0.05) is 12.5 Å². The Morgan fingerprint density at radius 1 is 1.50 bits per heavy atom. The van der Waals surface area contributed by atoms with E-state index in [9.17, 15) is 4.79 Å². The summed E-state index contributed by atoms with van der Waals surface area (Å²) in [5.74, 6) is 0.662. The molecule has 0 aromatic carbocycles. The van der Waals surface area contributed by atoms with Crippen LogP contribution in [0.3, 0.4) is 0 Å². The van der Waals surface area contributed by atoms with Crippen LogP contribution in [0.25, 0.3) is 0 Å². The molecule has 1 unspecified atom stereocenters. The van der Waals surface area contributed by atoms with Crippen molar-refractivity contribution in [2.24, 2.45) is 11.8 Å². The molecule has 70 valence electrons. The molecule has 0 saturated heterocycles. The van der Waals surface area contributed by atoms with E-state index in [0.29, 0.717) is 12.5 Å². The van der Waals surface area contributed by atoms with Crippen molar-refractivity contribution >= 4 is 5.91 Å². The van der Waals surface area contributed by atoms with Gasteiger partial charge in [0.05, 0.1) is 0 Å². The second-order valence-corrected chi connectivity index (χ2v) is 3.40. The first-order chi connectivity index (χ1) is 5.59.